The summed E-state index contributed by atoms with van der Waals surface area (Å²) in [6, 6.07) is 5.47. The lowest BCUT2D eigenvalue weighted by Gasteiger charge is -2.30. The van der Waals surface area contributed by atoms with Gasteiger partial charge in [0.05, 0.1) is 25.0 Å². The third kappa shape index (κ3) is 2.40. The summed E-state index contributed by atoms with van der Waals surface area (Å²) in [6.07, 6.45) is 0. The molecule has 0 radical (unpaired) electrons. The Morgan fingerprint density at radius 3 is 2.48 bits per heavy atom. The van der Waals surface area contributed by atoms with Crippen molar-refractivity contribution in [3.8, 4) is 5.75 Å². The second-order valence-electron chi connectivity index (χ2n) is 6.30. The first-order chi connectivity index (χ1) is 11.9. The molecule has 2 saturated heterocycles. The van der Waals surface area contributed by atoms with Crippen LogP contribution in [0.25, 0.3) is 0 Å². The van der Waals surface area contributed by atoms with Crippen LogP contribution in [0, 0.1) is 11.8 Å². The lowest BCUT2D eigenvalue weighted by Crippen LogP contribution is -2.58. The van der Waals surface area contributed by atoms with Gasteiger partial charge in [-0.15, -0.1) is 0 Å². The fourth-order valence-electron chi connectivity index (χ4n) is 3.77. The van der Waals surface area contributed by atoms with Crippen LogP contribution in [0.1, 0.15) is 18.5 Å². The highest BCUT2D eigenvalue weighted by atomic mass is 16.5. The van der Waals surface area contributed by atoms with Crippen molar-refractivity contribution >= 4 is 17.8 Å². The molecule has 2 aliphatic heterocycles. The summed E-state index contributed by atoms with van der Waals surface area (Å²) in [5.41, 5.74) is -1.05. The van der Waals surface area contributed by atoms with Gasteiger partial charge in [-0.1, -0.05) is 12.1 Å². The van der Waals surface area contributed by atoms with Gasteiger partial charge in [-0.25, -0.2) is 4.79 Å². The Morgan fingerprint density at radius 2 is 1.92 bits per heavy atom. The summed E-state index contributed by atoms with van der Waals surface area (Å²) in [5, 5.41) is 22.4. The predicted octanol–water partition coefficient (Wildman–Crippen LogP) is -0.438. The van der Waals surface area contributed by atoms with Crippen molar-refractivity contribution < 1.29 is 29.3 Å². The summed E-state index contributed by atoms with van der Waals surface area (Å²) in [5.74, 6) is -3.52. The van der Waals surface area contributed by atoms with E-state index in [0.717, 1.165) is 4.90 Å². The van der Waals surface area contributed by atoms with Crippen molar-refractivity contribution in [1.29, 1.82) is 0 Å². The van der Waals surface area contributed by atoms with Gasteiger partial charge in [0.1, 0.15) is 5.75 Å². The van der Waals surface area contributed by atoms with Gasteiger partial charge in [-0.05, 0) is 24.6 Å². The number of hydrogen-bond donors (Lipinski definition) is 3. The first-order valence-electron chi connectivity index (χ1n) is 8.03. The third-order valence-electron chi connectivity index (χ3n) is 5.02. The average molecular weight is 348 g/mol. The number of amides is 2. The number of rotatable bonds is 4. The molecule has 0 aliphatic carbocycles. The van der Waals surface area contributed by atoms with Gasteiger partial charge in [0.25, 0.3) is 0 Å². The highest BCUT2D eigenvalue weighted by Gasteiger charge is 2.68. The van der Waals surface area contributed by atoms with E-state index >= 15 is 0 Å². The van der Waals surface area contributed by atoms with E-state index in [-0.39, 0.29) is 12.4 Å². The molecule has 134 valence electrons. The number of ether oxygens (including phenoxy) is 1. The molecule has 2 fully saturated rings. The van der Waals surface area contributed by atoms with Crippen molar-refractivity contribution in [2.45, 2.75) is 18.5 Å². The van der Waals surface area contributed by atoms with E-state index in [2.05, 4.69) is 5.32 Å². The smallest absolute Gasteiger partial charge is 0.329 e. The van der Waals surface area contributed by atoms with Crippen LogP contribution >= 0.6 is 0 Å². The minimum absolute atomic E-state index is 0.0584. The van der Waals surface area contributed by atoms with Crippen molar-refractivity contribution in [3.63, 3.8) is 0 Å². The first-order valence-corrected chi connectivity index (χ1v) is 8.03. The molecule has 1 aromatic carbocycles. The number of phenolic OH excluding ortho intramolecular Hbond substituents is 1. The summed E-state index contributed by atoms with van der Waals surface area (Å²) in [7, 11) is 1.37. The van der Waals surface area contributed by atoms with Gasteiger partial charge in [-0.3, -0.25) is 19.8 Å². The molecular weight excluding hydrogens is 328 g/mol. The molecule has 4 atom stereocenters. The molecule has 3 rings (SSSR count). The molecule has 0 unspecified atom stereocenters. The zero-order valence-corrected chi connectivity index (χ0v) is 13.9. The van der Waals surface area contributed by atoms with Crippen LogP contribution in [-0.2, 0) is 19.1 Å². The Labute approximate surface area is 144 Å². The van der Waals surface area contributed by atoms with Crippen molar-refractivity contribution in [2.24, 2.45) is 11.8 Å². The molecule has 0 saturated carbocycles. The van der Waals surface area contributed by atoms with Crippen LogP contribution < -0.4 is 5.32 Å². The standard InChI is InChI=1S/C17H20N2O6/c1-3-25-16(24)17(8-20)12-11(14(22)19(2)15(12)23)13(18-17)9-4-6-10(21)7-5-9/h4-7,11-13,18,20-21H,3,8H2,1-2H3/t11-,12+,13-,17+/m0/s1. The summed E-state index contributed by atoms with van der Waals surface area (Å²) >= 11 is 0. The molecule has 8 nitrogen and oxygen atoms in total. The van der Waals surface area contributed by atoms with E-state index in [1.807, 2.05) is 0 Å². The van der Waals surface area contributed by atoms with Gasteiger partial charge >= 0.3 is 5.97 Å². The maximum Gasteiger partial charge on any atom is 0.329 e. The Morgan fingerprint density at radius 1 is 1.28 bits per heavy atom. The molecule has 2 heterocycles. The molecule has 25 heavy (non-hydrogen) atoms. The number of esters is 1. The van der Waals surface area contributed by atoms with Gasteiger partial charge in [0.15, 0.2) is 5.54 Å². The number of benzene rings is 1. The topological polar surface area (TPSA) is 116 Å². The Balaban J connectivity index is 2.10. The molecular formula is C17H20N2O6. The highest BCUT2D eigenvalue weighted by molar-refractivity contribution is 6.09. The van der Waals surface area contributed by atoms with Crippen LogP contribution in [0.5, 0.6) is 5.75 Å². The number of nitrogens with zero attached hydrogens (tertiary/aromatic N) is 1. The maximum absolute atomic E-state index is 12.6. The SMILES string of the molecule is CCOC(=O)[C@]1(CO)N[C@@H](c2ccc(O)cc2)[C@H]2C(=O)N(C)C(=O)[C@@H]21. The number of aliphatic hydroxyl groups excluding tert-OH is 1. The van der Waals surface area contributed by atoms with Crippen LogP contribution in [0.4, 0.5) is 0 Å². The molecule has 0 aromatic heterocycles. The average Bonchev–Trinajstić information content (AvgIpc) is 3.06. The Kier molecular flexibility index (Phi) is 4.26. The van der Waals surface area contributed by atoms with E-state index in [9.17, 15) is 24.6 Å². The number of hydrogen-bond acceptors (Lipinski definition) is 7. The number of phenols is 1. The third-order valence-corrected chi connectivity index (χ3v) is 5.02. The van der Waals surface area contributed by atoms with Crippen LogP contribution in [-0.4, -0.2) is 58.7 Å². The predicted molar refractivity (Wildman–Crippen MR) is 85.2 cm³/mol. The Hall–Kier alpha value is -2.45. The summed E-state index contributed by atoms with van der Waals surface area (Å²) < 4.78 is 5.07. The van der Waals surface area contributed by atoms with Crippen LogP contribution in [0.2, 0.25) is 0 Å². The summed E-state index contributed by atoms with van der Waals surface area (Å²) in [6.45, 7) is 1.04. The van der Waals surface area contributed by atoms with Gasteiger partial charge in [0, 0.05) is 13.1 Å². The van der Waals surface area contributed by atoms with Crippen molar-refractivity contribution in [3.05, 3.63) is 29.8 Å². The van der Waals surface area contributed by atoms with Crippen molar-refractivity contribution in [2.75, 3.05) is 20.3 Å². The van der Waals surface area contributed by atoms with E-state index in [1.165, 1.54) is 19.2 Å². The number of imide groups is 1. The number of aliphatic hydroxyl groups is 1. The fraction of sp³-hybridized carbons (Fsp3) is 0.471. The van der Waals surface area contributed by atoms with Gasteiger partial charge in [0.2, 0.25) is 11.8 Å². The van der Waals surface area contributed by atoms with E-state index in [0.29, 0.717) is 5.56 Å². The van der Waals surface area contributed by atoms with Gasteiger partial charge < -0.3 is 14.9 Å². The molecule has 0 bridgehead atoms. The quantitative estimate of drug-likeness (QED) is 0.499. The monoisotopic (exact) mass is 348 g/mol. The number of fused-ring (bicyclic) bond motifs is 1. The Bertz CT molecular complexity index is 718. The van der Waals surface area contributed by atoms with Crippen LogP contribution in [0.15, 0.2) is 24.3 Å². The highest BCUT2D eigenvalue weighted by Crippen LogP contribution is 2.48. The lowest BCUT2D eigenvalue weighted by atomic mass is 9.79. The largest absolute Gasteiger partial charge is 0.508 e. The summed E-state index contributed by atoms with van der Waals surface area (Å²) in [4.78, 5) is 38.8. The number of nitrogens with one attached hydrogen (secondary N) is 1. The van der Waals surface area contributed by atoms with Crippen molar-refractivity contribution in [1.82, 2.24) is 10.2 Å². The molecule has 2 amide bonds. The molecule has 2 aliphatic rings. The zero-order chi connectivity index (χ0) is 18.4. The number of aromatic hydroxyl groups is 1. The zero-order valence-electron chi connectivity index (χ0n) is 13.9. The van der Waals surface area contributed by atoms with Gasteiger partial charge in [-0.2, -0.15) is 0 Å². The number of likely N-dealkylation sites (tertiary alicyclic amines) is 1. The van der Waals surface area contributed by atoms with E-state index < -0.39 is 47.8 Å². The minimum atomic E-state index is -1.68. The fourth-order valence-corrected chi connectivity index (χ4v) is 3.77. The second kappa shape index (κ2) is 6.12. The maximum atomic E-state index is 12.6. The molecule has 8 heteroatoms. The molecule has 1 aromatic rings. The number of carbonyl (C=O) groups is 3. The van der Waals surface area contributed by atoms with E-state index in [1.54, 1.807) is 19.1 Å². The number of carbonyl (C=O) groups excluding carboxylic acids is 3. The normalized spacial score (nSPS) is 31.3. The van der Waals surface area contributed by atoms with E-state index in [4.69, 9.17) is 4.74 Å². The molecule has 3 N–H and O–H groups in total. The lowest BCUT2D eigenvalue weighted by molar-refractivity contribution is -0.158. The van der Waals surface area contributed by atoms with Crippen LogP contribution in [0.3, 0.4) is 0 Å². The molecule has 0 spiro atoms. The first kappa shape index (κ1) is 17.4. The minimum Gasteiger partial charge on any atom is -0.508 e. The second-order valence-corrected chi connectivity index (χ2v) is 6.30.